The summed E-state index contributed by atoms with van der Waals surface area (Å²) in [5.41, 5.74) is 2.05. The largest absolute Gasteiger partial charge is 0.309 e. The van der Waals surface area contributed by atoms with E-state index >= 15 is 0 Å². The lowest BCUT2D eigenvalue weighted by Crippen LogP contribution is -2.13. The molecule has 15 heavy (non-hydrogen) atoms. The average molecular weight is 228 g/mol. The summed E-state index contributed by atoms with van der Waals surface area (Å²) in [5, 5.41) is 3.77. The SMILES string of the molecule is CC(C)=CCNCc1cc(F)ccc1Cl. The Morgan fingerprint density at radius 2 is 2.20 bits per heavy atom. The standard InChI is InChI=1S/C12H15ClFN/c1-9(2)5-6-15-8-10-7-11(14)3-4-12(10)13/h3-5,7,15H,6,8H2,1-2H3. The third-order valence-electron chi connectivity index (χ3n) is 1.98. The molecule has 1 rings (SSSR count). The normalized spacial score (nSPS) is 10.1. The van der Waals surface area contributed by atoms with Gasteiger partial charge in [-0.25, -0.2) is 4.39 Å². The molecule has 0 unspecified atom stereocenters. The highest BCUT2D eigenvalue weighted by Gasteiger charge is 2.00. The highest BCUT2D eigenvalue weighted by atomic mass is 35.5. The number of allylic oxidation sites excluding steroid dienone is 1. The van der Waals surface area contributed by atoms with Gasteiger partial charge in [0.25, 0.3) is 0 Å². The van der Waals surface area contributed by atoms with Crippen molar-refractivity contribution in [3.63, 3.8) is 0 Å². The van der Waals surface area contributed by atoms with Crippen molar-refractivity contribution in [1.82, 2.24) is 5.32 Å². The van der Waals surface area contributed by atoms with Crippen LogP contribution in [0.15, 0.2) is 29.8 Å². The molecule has 1 aromatic rings. The Hall–Kier alpha value is -0.860. The van der Waals surface area contributed by atoms with Crippen molar-refractivity contribution in [3.05, 3.63) is 46.3 Å². The van der Waals surface area contributed by atoms with Crippen LogP contribution >= 0.6 is 11.6 Å². The maximum Gasteiger partial charge on any atom is 0.123 e. The minimum absolute atomic E-state index is 0.251. The molecule has 3 heteroatoms. The van der Waals surface area contributed by atoms with E-state index in [1.165, 1.54) is 17.7 Å². The molecule has 1 N–H and O–H groups in total. The molecule has 0 aliphatic rings. The van der Waals surface area contributed by atoms with Crippen LogP contribution in [0, 0.1) is 5.82 Å². The summed E-state index contributed by atoms with van der Waals surface area (Å²) in [6.45, 7) is 5.43. The summed E-state index contributed by atoms with van der Waals surface area (Å²) in [7, 11) is 0. The van der Waals surface area contributed by atoms with Gasteiger partial charge in [0, 0.05) is 18.1 Å². The third kappa shape index (κ3) is 4.45. The van der Waals surface area contributed by atoms with Gasteiger partial charge in [-0.3, -0.25) is 0 Å². The lowest BCUT2D eigenvalue weighted by molar-refractivity contribution is 0.623. The minimum atomic E-state index is -0.251. The van der Waals surface area contributed by atoms with Gasteiger partial charge < -0.3 is 5.32 Å². The summed E-state index contributed by atoms with van der Waals surface area (Å²) >= 11 is 5.92. The highest BCUT2D eigenvalue weighted by Crippen LogP contribution is 2.16. The average Bonchev–Trinajstić information content (AvgIpc) is 2.17. The summed E-state index contributed by atoms with van der Waals surface area (Å²) in [6, 6.07) is 4.40. The molecule has 0 bridgehead atoms. The van der Waals surface area contributed by atoms with Crippen molar-refractivity contribution in [2.45, 2.75) is 20.4 Å². The first kappa shape index (κ1) is 12.2. The predicted octanol–water partition coefficient (Wildman–Crippen LogP) is 3.53. The fourth-order valence-corrected chi connectivity index (χ4v) is 1.35. The van der Waals surface area contributed by atoms with E-state index in [1.807, 2.05) is 13.8 Å². The van der Waals surface area contributed by atoms with Crippen molar-refractivity contribution >= 4 is 11.6 Å². The molecule has 0 radical (unpaired) electrons. The molecule has 0 amide bonds. The van der Waals surface area contributed by atoms with Gasteiger partial charge in [0.15, 0.2) is 0 Å². The first-order valence-corrected chi connectivity index (χ1v) is 5.25. The van der Waals surface area contributed by atoms with Crippen molar-refractivity contribution in [3.8, 4) is 0 Å². The first-order valence-electron chi connectivity index (χ1n) is 4.87. The van der Waals surface area contributed by atoms with Crippen LogP contribution in [0.1, 0.15) is 19.4 Å². The molecular formula is C12H15ClFN. The van der Waals surface area contributed by atoms with E-state index in [9.17, 15) is 4.39 Å². The molecule has 0 aliphatic heterocycles. The van der Waals surface area contributed by atoms with Crippen LogP contribution in [0.25, 0.3) is 0 Å². The van der Waals surface area contributed by atoms with Gasteiger partial charge in [0.1, 0.15) is 5.82 Å². The molecule has 1 aromatic carbocycles. The van der Waals surface area contributed by atoms with Crippen LogP contribution in [0.3, 0.4) is 0 Å². The molecule has 0 fully saturated rings. The Morgan fingerprint density at radius 1 is 1.47 bits per heavy atom. The van der Waals surface area contributed by atoms with Crippen LogP contribution in [-0.2, 0) is 6.54 Å². The van der Waals surface area contributed by atoms with Gasteiger partial charge in [0.05, 0.1) is 0 Å². The minimum Gasteiger partial charge on any atom is -0.309 e. The molecule has 0 saturated heterocycles. The summed E-state index contributed by atoms with van der Waals surface area (Å²) in [6.07, 6.45) is 2.08. The van der Waals surface area contributed by atoms with Gasteiger partial charge >= 0.3 is 0 Å². The molecule has 1 nitrogen and oxygen atoms in total. The third-order valence-corrected chi connectivity index (χ3v) is 2.35. The fraction of sp³-hybridized carbons (Fsp3) is 0.333. The van der Waals surface area contributed by atoms with E-state index in [0.29, 0.717) is 11.6 Å². The second-order valence-corrected chi connectivity index (χ2v) is 4.06. The van der Waals surface area contributed by atoms with Crippen LogP contribution in [0.2, 0.25) is 5.02 Å². The number of nitrogens with one attached hydrogen (secondary N) is 1. The second-order valence-electron chi connectivity index (χ2n) is 3.65. The molecule has 0 atom stereocenters. The highest BCUT2D eigenvalue weighted by molar-refractivity contribution is 6.31. The summed E-state index contributed by atoms with van der Waals surface area (Å²) in [4.78, 5) is 0. The van der Waals surface area contributed by atoms with Crippen LogP contribution < -0.4 is 5.32 Å². The van der Waals surface area contributed by atoms with Crippen molar-refractivity contribution in [2.24, 2.45) is 0 Å². The summed E-state index contributed by atoms with van der Waals surface area (Å²) in [5.74, 6) is -0.251. The Labute approximate surface area is 95.0 Å². The maximum absolute atomic E-state index is 12.9. The van der Waals surface area contributed by atoms with Gasteiger partial charge in [-0.1, -0.05) is 23.3 Å². The zero-order chi connectivity index (χ0) is 11.3. The van der Waals surface area contributed by atoms with E-state index in [1.54, 1.807) is 6.07 Å². The molecule has 0 saturated carbocycles. The zero-order valence-electron chi connectivity index (χ0n) is 8.98. The van der Waals surface area contributed by atoms with E-state index in [2.05, 4.69) is 11.4 Å². The van der Waals surface area contributed by atoms with Crippen LogP contribution in [-0.4, -0.2) is 6.54 Å². The predicted molar refractivity (Wildman–Crippen MR) is 62.5 cm³/mol. The van der Waals surface area contributed by atoms with Gasteiger partial charge in [-0.05, 0) is 37.6 Å². The number of hydrogen-bond acceptors (Lipinski definition) is 1. The Balaban J connectivity index is 2.50. The maximum atomic E-state index is 12.9. The zero-order valence-corrected chi connectivity index (χ0v) is 9.74. The van der Waals surface area contributed by atoms with Crippen LogP contribution in [0.5, 0.6) is 0 Å². The molecule has 0 heterocycles. The second kappa shape index (κ2) is 5.89. The van der Waals surface area contributed by atoms with Crippen LogP contribution in [0.4, 0.5) is 4.39 Å². The molecule has 82 valence electrons. The van der Waals surface area contributed by atoms with Crippen molar-refractivity contribution < 1.29 is 4.39 Å². The Morgan fingerprint density at radius 3 is 2.87 bits per heavy atom. The lowest BCUT2D eigenvalue weighted by atomic mass is 10.2. The number of hydrogen-bond donors (Lipinski definition) is 1. The van der Waals surface area contributed by atoms with E-state index in [0.717, 1.165) is 12.1 Å². The van der Waals surface area contributed by atoms with Crippen molar-refractivity contribution in [2.75, 3.05) is 6.54 Å². The van der Waals surface area contributed by atoms with Gasteiger partial charge in [-0.2, -0.15) is 0 Å². The van der Waals surface area contributed by atoms with Gasteiger partial charge in [0.2, 0.25) is 0 Å². The fourth-order valence-electron chi connectivity index (χ4n) is 1.16. The molecular weight excluding hydrogens is 213 g/mol. The van der Waals surface area contributed by atoms with E-state index in [-0.39, 0.29) is 5.82 Å². The topological polar surface area (TPSA) is 12.0 Å². The monoisotopic (exact) mass is 227 g/mol. The van der Waals surface area contributed by atoms with E-state index < -0.39 is 0 Å². The number of benzene rings is 1. The van der Waals surface area contributed by atoms with Gasteiger partial charge in [-0.15, -0.1) is 0 Å². The number of halogens is 2. The van der Waals surface area contributed by atoms with Crippen molar-refractivity contribution in [1.29, 1.82) is 0 Å². The number of rotatable bonds is 4. The quantitative estimate of drug-likeness (QED) is 0.613. The Bertz CT molecular complexity index is 357. The lowest BCUT2D eigenvalue weighted by Gasteiger charge is -2.05. The Kier molecular flexibility index (Phi) is 4.79. The smallest absolute Gasteiger partial charge is 0.123 e. The molecule has 0 aromatic heterocycles. The first-order chi connectivity index (χ1) is 7.09. The molecule has 0 aliphatic carbocycles. The summed E-state index contributed by atoms with van der Waals surface area (Å²) < 4.78 is 12.9. The molecule has 0 spiro atoms. The van der Waals surface area contributed by atoms with E-state index in [4.69, 9.17) is 11.6 Å².